The Morgan fingerprint density at radius 2 is 1.75 bits per heavy atom. The molecule has 124 valence electrons. The van der Waals surface area contributed by atoms with Crippen molar-refractivity contribution in [3.05, 3.63) is 71.6 Å². The molecule has 0 radical (unpaired) electrons. The molecular formula is C19H20N2O2S. The van der Waals surface area contributed by atoms with Crippen molar-refractivity contribution < 1.29 is 9.15 Å². The van der Waals surface area contributed by atoms with Gasteiger partial charge in [0.15, 0.2) is 0 Å². The average molecular weight is 340 g/mol. The van der Waals surface area contributed by atoms with Gasteiger partial charge in [-0.15, -0.1) is 10.2 Å². The summed E-state index contributed by atoms with van der Waals surface area (Å²) in [5.74, 6) is 2.46. The Morgan fingerprint density at radius 1 is 0.958 bits per heavy atom. The van der Waals surface area contributed by atoms with E-state index in [1.165, 1.54) is 5.56 Å². The molecule has 0 atom stereocenters. The van der Waals surface area contributed by atoms with Crippen LogP contribution >= 0.6 is 11.8 Å². The maximum absolute atomic E-state index is 5.71. The van der Waals surface area contributed by atoms with Crippen LogP contribution in [0.3, 0.4) is 0 Å². The van der Waals surface area contributed by atoms with Gasteiger partial charge in [0.1, 0.15) is 5.75 Å². The van der Waals surface area contributed by atoms with E-state index in [4.69, 9.17) is 9.15 Å². The molecule has 0 saturated carbocycles. The number of ether oxygens (including phenoxy) is 1. The second-order valence-electron chi connectivity index (χ2n) is 5.42. The number of methoxy groups -OCH3 is 1. The van der Waals surface area contributed by atoms with E-state index >= 15 is 0 Å². The number of aromatic nitrogens is 2. The number of rotatable bonds is 8. The molecule has 0 spiro atoms. The summed E-state index contributed by atoms with van der Waals surface area (Å²) in [4.78, 5) is 0. The molecule has 3 aromatic rings. The van der Waals surface area contributed by atoms with Crippen molar-refractivity contribution in [2.45, 2.75) is 24.5 Å². The minimum atomic E-state index is 0.640. The maximum atomic E-state index is 5.71. The Morgan fingerprint density at radius 3 is 2.50 bits per heavy atom. The zero-order valence-electron chi connectivity index (χ0n) is 13.6. The lowest BCUT2D eigenvalue weighted by Gasteiger charge is -2.01. The van der Waals surface area contributed by atoms with Gasteiger partial charge in [-0.25, -0.2) is 0 Å². The summed E-state index contributed by atoms with van der Waals surface area (Å²) in [6.07, 6.45) is 2.80. The van der Waals surface area contributed by atoms with E-state index in [0.717, 1.165) is 29.9 Å². The fourth-order valence-corrected chi connectivity index (χ4v) is 3.08. The SMILES string of the molecule is COc1ccc(Cc2nnc(SCCCc3ccccc3)o2)cc1. The summed E-state index contributed by atoms with van der Waals surface area (Å²) in [5, 5.41) is 8.88. The van der Waals surface area contributed by atoms with Gasteiger partial charge in [0.2, 0.25) is 5.89 Å². The largest absolute Gasteiger partial charge is 0.497 e. The second-order valence-corrected chi connectivity index (χ2v) is 6.47. The predicted octanol–water partition coefficient (Wildman–Crippen LogP) is 4.39. The van der Waals surface area contributed by atoms with Crippen LogP contribution in [-0.2, 0) is 12.8 Å². The molecule has 0 saturated heterocycles. The number of hydrogen-bond donors (Lipinski definition) is 0. The number of nitrogens with zero attached hydrogens (tertiary/aromatic N) is 2. The Labute approximate surface area is 146 Å². The van der Waals surface area contributed by atoms with Crippen LogP contribution in [0.5, 0.6) is 5.75 Å². The monoisotopic (exact) mass is 340 g/mol. The van der Waals surface area contributed by atoms with Crippen LogP contribution in [0.1, 0.15) is 23.4 Å². The van der Waals surface area contributed by atoms with E-state index in [1.54, 1.807) is 18.9 Å². The molecule has 1 aromatic heterocycles. The zero-order chi connectivity index (χ0) is 16.6. The van der Waals surface area contributed by atoms with E-state index in [2.05, 4.69) is 34.5 Å². The smallest absolute Gasteiger partial charge is 0.276 e. The first-order valence-corrected chi connectivity index (χ1v) is 8.94. The molecule has 0 aliphatic carbocycles. The molecule has 0 aliphatic heterocycles. The Balaban J connectivity index is 1.44. The number of hydrogen-bond acceptors (Lipinski definition) is 5. The normalized spacial score (nSPS) is 10.7. The molecule has 0 amide bonds. The van der Waals surface area contributed by atoms with Gasteiger partial charge in [0, 0.05) is 5.75 Å². The van der Waals surface area contributed by atoms with Gasteiger partial charge in [-0.2, -0.15) is 0 Å². The Bertz CT molecular complexity index is 742. The highest BCUT2D eigenvalue weighted by molar-refractivity contribution is 7.99. The molecule has 0 aliphatic rings. The third-order valence-corrected chi connectivity index (χ3v) is 4.55. The quantitative estimate of drug-likeness (QED) is 0.449. The van der Waals surface area contributed by atoms with Gasteiger partial charge in [0.05, 0.1) is 13.5 Å². The van der Waals surface area contributed by atoms with Gasteiger partial charge in [-0.05, 0) is 36.1 Å². The summed E-state index contributed by atoms with van der Waals surface area (Å²) >= 11 is 1.62. The van der Waals surface area contributed by atoms with Crippen molar-refractivity contribution in [3.63, 3.8) is 0 Å². The van der Waals surface area contributed by atoms with Crippen LogP contribution in [0.2, 0.25) is 0 Å². The Hall–Kier alpha value is -2.27. The Kier molecular flexibility index (Phi) is 5.90. The average Bonchev–Trinajstić information content (AvgIpc) is 3.08. The van der Waals surface area contributed by atoms with E-state index in [-0.39, 0.29) is 0 Å². The lowest BCUT2D eigenvalue weighted by atomic mass is 10.1. The summed E-state index contributed by atoms with van der Waals surface area (Å²) in [5.41, 5.74) is 2.49. The minimum absolute atomic E-state index is 0.640. The lowest BCUT2D eigenvalue weighted by Crippen LogP contribution is -1.89. The van der Waals surface area contributed by atoms with Gasteiger partial charge in [0.25, 0.3) is 5.22 Å². The molecule has 0 bridgehead atoms. The lowest BCUT2D eigenvalue weighted by molar-refractivity contribution is 0.413. The number of thioether (sulfide) groups is 1. The molecule has 1 heterocycles. The molecule has 2 aromatic carbocycles. The first-order valence-electron chi connectivity index (χ1n) is 7.95. The molecule has 0 fully saturated rings. The van der Waals surface area contributed by atoms with E-state index in [0.29, 0.717) is 17.5 Å². The fraction of sp³-hybridized carbons (Fsp3) is 0.263. The van der Waals surface area contributed by atoms with Crippen molar-refractivity contribution in [2.75, 3.05) is 12.9 Å². The second kappa shape index (κ2) is 8.55. The first kappa shape index (κ1) is 16.6. The maximum Gasteiger partial charge on any atom is 0.276 e. The van der Waals surface area contributed by atoms with Crippen molar-refractivity contribution in [1.29, 1.82) is 0 Å². The van der Waals surface area contributed by atoms with Crippen LogP contribution in [0.4, 0.5) is 0 Å². The molecule has 0 unspecified atom stereocenters. The van der Waals surface area contributed by atoms with E-state index in [9.17, 15) is 0 Å². The summed E-state index contributed by atoms with van der Waals surface area (Å²) in [6.45, 7) is 0. The zero-order valence-corrected chi connectivity index (χ0v) is 14.5. The van der Waals surface area contributed by atoms with Crippen molar-refractivity contribution in [2.24, 2.45) is 0 Å². The molecule has 3 rings (SSSR count). The summed E-state index contributed by atoms with van der Waals surface area (Å²) < 4.78 is 10.9. The van der Waals surface area contributed by atoms with Crippen LogP contribution in [0.25, 0.3) is 0 Å². The van der Waals surface area contributed by atoms with Crippen molar-refractivity contribution >= 4 is 11.8 Å². The number of benzene rings is 2. The summed E-state index contributed by atoms with van der Waals surface area (Å²) in [7, 11) is 1.66. The van der Waals surface area contributed by atoms with Gasteiger partial charge < -0.3 is 9.15 Å². The van der Waals surface area contributed by atoms with Crippen LogP contribution in [0, 0.1) is 0 Å². The van der Waals surface area contributed by atoms with Crippen LogP contribution in [0.15, 0.2) is 64.2 Å². The highest BCUT2D eigenvalue weighted by atomic mass is 32.2. The fourth-order valence-electron chi connectivity index (χ4n) is 2.37. The van der Waals surface area contributed by atoms with E-state index < -0.39 is 0 Å². The summed E-state index contributed by atoms with van der Waals surface area (Å²) in [6, 6.07) is 18.4. The highest BCUT2D eigenvalue weighted by Gasteiger charge is 2.07. The van der Waals surface area contributed by atoms with Crippen LogP contribution < -0.4 is 4.74 Å². The minimum Gasteiger partial charge on any atom is -0.497 e. The third-order valence-electron chi connectivity index (χ3n) is 3.64. The standard InChI is InChI=1S/C19H20N2O2S/c1-22-17-11-9-16(10-12-17)14-18-20-21-19(23-18)24-13-5-8-15-6-3-2-4-7-15/h2-4,6-7,9-12H,5,8,13-14H2,1H3. The molecule has 4 nitrogen and oxygen atoms in total. The van der Waals surface area contributed by atoms with Crippen molar-refractivity contribution in [1.82, 2.24) is 10.2 Å². The van der Waals surface area contributed by atoms with Crippen LogP contribution in [-0.4, -0.2) is 23.1 Å². The van der Waals surface area contributed by atoms with Gasteiger partial charge in [-0.1, -0.05) is 54.2 Å². The predicted molar refractivity (Wildman–Crippen MR) is 95.6 cm³/mol. The highest BCUT2D eigenvalue weighted by Crippen LogP contribution is 2.20. The van der Waals surface area contributed by atoms with E-state index in [1.807, 2.05) is 30.3 Å². The van der Waals surface area contributed by atoms with Gasteiger partial charge >= 0.3 is 0 Å². The van der Waals surface area contributed by atoms with Gasteiger partial charge in [-0.3, -0.25) is 0 Å². The molecular weight excluding hydrogens is 320 g/mol. The van der Waals surface area contributed by atoms with Crippen molar-refractivity contribution in [3.8, 4) is 5.75 Å². The number of aryl methyl sites for hydroxylation is 1. The topological polar surface area (TPSA) is 48.2 Å². The molecule has 0 N–H and O–H groups in total. The molecule has 24 heavy (non-hydrogen) atoms. The first-order chi connectivity index (χ1) is 11.8. The molecule has 5 heteroatoms. The third kappa shape index (κ3) is 4.86.